The second-order valence-electron chi connectivity index (χ2n) is 7.97. The van der Waals surface area contributed by atoms with Crippen molar-refractivity contribution in [3.63, 3.8) is 0 Å². The van der Waals surface area contributed by atoms with Crippen LogP contribution in [0.5, 0.6) is 11.5 Å². The highest BCUT2D eigenvalue weighted by molar-refractivity contribution is 6.04. The zero-order chi connectivity index (χ0) is 22.6. The van der Waals surface area contributed by atoms with Crippen molar-refractivity contribution < 1.29 is 14.3 Å². The molecule has 2 aromatic heterocycles. The Bertz CT molecular complexity index is 1120. The minimum atomic E-state index is -0.391. The molecule has 1 saturated heterocycles. The van der Waals surface area contributed by atoms with E-state index in [4.69, 9.17) is 9.47 Å². The lowest BCUT2D eigenvalue weighted by Gasteiger charge is -2.27. The number of rotatable bonds is 6. The van der Waals surface area contributed by atoms with Gasteiger partial charge in [0.2, 0.25) is 0 Å². The third kappa shape index (κ3) is 4.74. The molecule has 170 valence electrons. The van der Waals surface area contributed by atoms with Gasteiger partial charge in [-0.15, -0.1) is 0 Å². The fourth-order valence-electron chi connectivity index (χ4n) is 4.02. The van der Waals surface area contributed by atoms with Crippen LogP contribution in [0.3, 0.4) is 0 Å². The van der Waals surface area contributed by atoms with Gasteiger partial charge in [-0.1, -0.05) is 6.07 Å². The SMILES string of the molecule is COc1cc(C(=O)Nc2cc(C3Nc4ncccc4O3)ccn2)ccc1CN1CCNCC1. The molecule has 9 nitrogen and oxygen atoms in total. The lowest BCUT2D eigenvalue weighted by Crippen LogP contribution is -2.42. The summed E-state index contributed by atoms with van der Waals surface area (Å²) in [6, 6.07) is 12.9. The molecule has 0 aliphatic carbocycles. The molecule has 1 unspecified atom stereocenters. The molecule has 3 N–H and O–H groups in total. The highest BCUT2D eigenvalue weighted by Gasteiger charge is 2.24. The van der Waals surface area contributed by atoms with E-state index in [9.17, 15) is 4.79 Å². The minimum Gasteiger partial charge on any atom is -0.496 e. The Morgan fingerprint density at radius 3 is 2.88 bits per heavy atom. The fourth-order valence-corrected chi connectivity index (χ4v) is 4.02. The summed E-state index contributed by atoms with van der Waals surface area (Å²) in [5, 5.41) is 9.45. The zero-order valence-corrected chi connectivity index (χ0v) is 18.4. The lowest BCUT2D eigenvalue weighted by molar-refractivity contribution is 0.102. The van der Waals surface area contributed by atoms with Crippen molar-refractivity contribution in [1.82, 2.24) is 20.2 Å². The molecule has 33 heavy (non-hydrogen) atoms. The third-order valence-corrected chi connectivity index (χ3v) is 5.76. The van der Waals surface area contributed by atoms with Crippen LogP contribution in [-0.4, -0.2) is 54.1 Å². The van der Waals surface area contributed by atoms with Gasteiger partial charge in [-0.2, -0.15) is 0 Å². The Balaban J connectivity index is 1.27. The number of aromatic nitrogens is 2. The molecule has 5 rings (SSSR count). The number of carbonyl (C=O) groups excluding carboxylic acids is 1. The quantitative estimate of drug-likeness (QED) is 0.531. The van der Waals surface area contributed by atoms with Crippen LogP contribution in [0.15, 0.2) is 54.9 Å². The van der Waals surface area contributed by atoms with Gasteiger partial charge in [0.15, 0.2) is 17.8 Å². The van der Waals surface area contributed by atoms with Gasteiger partial charge in [0.1, 0.15) is 11.6 Å². The van der Waals surface area contributed by atoms with E-state index in [1.54, 1.807) is 31.6 Å². The Morgan fingerprint density at radius 1 is 1.18 bits per heavy atom. The molecule has 0 radical (unpaired) electrons. The summed E-state index contributed by atoms with van der Waals surface area (Å²) in [6.45, 7) is 4.75. The highest BCUT2D eigenvalue weighted by Crippen LogP contribution is 2.35. The number of methoxy groups -OCH3 is 1. The first kappa shape index (κ1) is 21.2. The van der Waals surface area contributed by atoms with Crippen molar-refractivity contribution in [1.29, 1.82) is 0 Å². The predicted octanol–water partition coefficient (Wildman–Crippen LogP) is 2.65. The van der Waals surface area contributed by atoms with Gasteiger partial charge in [-0.3, -0.25) is 9.69 Å². The van der Waals surface area contributed by atoms with Crippen LogP contribution < -0.4 is 25.4 Å². The minimum absolute atomic E-state index is 0.253. The van der Waals surface area contributed by atoms with E-state index >= 15 is 0 Å². The van der Waals surface area contributed by atoms with Crippen LogP contribution in [0.25, 0.3) is 0 Å². The van der Waals surface area contributed by atoms with Crippen LogP contribution in [0.1, 0.15) is 27.7 Å². The number of hydrogen-bond donors (Lipinski definition) is 3. The first-order valence-electron chi connectivity index (χ1n) is 10.9. The van der Waals surface area contributed by atoms with E-state index in [0.29, 0.717) is 28.7 Å². The van der Waals surface area contributed by atoms with Crippen LogP contribution in [0.2, 0.25) is 0 Å². The lowest BCUT2D eigenvalue weighted by atomic mass is 10.1. The topological polar surface area (TPSA) is 101 Å². The largest absolute Gasteiger partial charge is 0.496 e. The summed E-state index contributed by atoms with van der Waals surface area (Å²) in [5.41, 5.74) is 2.41. The monoisotopic (exact) mass is 446 g/mol. The zero-order valence-electron chi connectivity index (χ0n) is 18.4. The number of carbonyl (C=O) groups is 1. The van der Waals surface area contributed by atoms with Gasteiger partial charge in [0.05, 0.1) is 7.11 Å². The average molecular weight is 447 g/mol. The van der Waals surface area contributed by atoms with Crippen LogP contribution in [-0.2, 0) is 6.54 Å². The van der Waals surface area contributed by atoms with Crippen molar-refractivity contribution in [3.05, 3.63) is 71.5 Å². The number of nitrogens with zero attached hydrogens (tertiary/aromatic N) is 3. The number of hydrogen-bond acceptors (Lipinski definition) is 8. The van der Waals surface area contributed by atoms with Crippen molar-refractivity contribution in [3.8, 4) is 11.5 Å². The van der Waals surface area contributed by atoms with E-state index in [1.165, 1.54) is 0 Å². The number of fused-ring (bicyclic) bond motifs is 1. The maximum atomic E-state index is 12.9. The average Bonchev–Trinajstić information content (AvgIpc) is 3.29. The smallest absolute Gasteiger partial charge is 0.256 e. The standard InChI is InChI=1S/C24H26N6O3/c1-32-20-13-16(4-5-18(20)15-30-11-9-25-10-12-30)23(31)28-21-14-17(6-8-26-21)24-29-22-19(33-24)3-2-7-27-22/h2-8,13-14,24-25H,9-12,15H2,1H3,(H,27,29)(H,26,28,31). The van der Waals surface area contributed by atoms with Crippen molar-refractivity contribution >= 4 is 17.5 Å². The van der Waals surface area contributed by atoms with Crippen LogP contribution in [0.4, 0.5) is 11.6 Å². The van der Waals surface area contributed by atoms with Gasteiger partial charge < -0.3 is 25.4 Å². The fraction of sp³-hybridized carbons (Fsp3) is 0.292. The van der Waals surface area contributed by atoms with E-state index < -0.39 is 6.23 Å². The van der Waals surface area contributed by atoms with Gasteiger partial charge in [0.25, 0.3) is 5.91 Å². The summed E-state index contributed by atoms with van der Waals surface area (Å²) >= 11 is 0. The molecule has 0 bridgehead atoms. The summed E-state index contributed by atoms with van der Waals surface area (Å²) < 4.78 is 11.5. The molecule has 1 fully saturated rings. The predicted molar refractivity (Wildman–Crippen MR) is 125 cm³/mol. The van der Waals surface area contributed by atoms with Crippen LogP contribution in [0, 0.1) is 0 Å². The summed E-state index contributed by atoms with van der Waals surface area (Å²) in [5.74, 6) is 2.28. The van der Waals surface area contributed by atoms with E-state index in [2.05, 4.69) is 30.8 Å². The van der Waals surface area contributed by atoms with Gasteiger partial charge >= 0.3 is 0 Å². The van der Waals surface area contributed by atoms with E-state index in [0.717, 1.165) is 43.9 Å². The third-order valence-electron chi connectivity index (χ3n) is 5.76. The number of amides is 1. The number of nitrogens with one attached hydrogen (secondary N) is 3. The maximum Gasteiger partial charge on any atom is 0.256 e. The molecular formula is C24H26N6O3. The van der Waals surface area contributed by atoms with Crippen molar-refractivity contribution in [2.45, 2.75) is 12.8 Å². The normalized spacial score (nSPS) is 17.5. The molecule has 0 saturated carbocycles. The van der Waals surface area contributed by atoms with Crippen LogP contribution >= 0.6 is 0 Å². The Kier molecular flexibility index (Phi) is 6.05. The first-order chi connectivity index (χ1) is 16.2. The molecule has 4 heterocycles. The second kappa shape index (κ2) is 9.43. The number of pyridine rings is 2. The summed E-state index contributed by atoms with van der Waals surface area (Å²) in [7, 11) is 1.63. The number of ether oxygens (including phenoxy) is 2. The maximum absolute atomic E-state index is 12.9. The number of anilines is 2. The molecule has 1 aromatic carbocycles. The highest BCUT2D eigenvalue weighted by atomic mass is 16.5. The van der Waals surface area contributed by atoms with Gasteiger partial charge in [0, 0.05) is 61.8 Å². The molecule has 1 amide bonds. The summed E-state index contributed by atoms with van der Waals surface area (Å²) in [4.78, 5) is 23.8. The molecule has 0 spiro atoms. The first-order valence-corrected chi connectivity index (χ1v) is 10.9. The summed E-state index contributed by atoms with van der Waals surface area (Å²) in [6.07, 6.45) is 2.96. The Labute approximate surface area is 192 Å². The number of benzene rings is 1. The molecule has 2 aliphatic rings. The second-order valence-corrected chi connectivity index (χ2v) is 7.97. The van der Waals surface area contributed by atoms with E-state index in [-0.39, 0.29) is 5.91 Å². The Hall–Kier alpha value is -3.69. The molecule has 9 heteroatoms. The van der Waals surface area contributed by atoms with Crippen molar-refractivity contribution in [2.24, 2.45) is 0 Å². The van der Waals surface area contributed by atoms with Gasteiger partial charge in [-0.05, 0) is 36.4 Å². The van der Waals surface area contributed by atoms with Crippen molar-refractivity contribution in [2.75, 3.05) is 43.9 Å². The molecule has 2 aliphatic heterocycles. The molecule has 3 aromatic rings. The van der Waals surface area contributed by atoms with E-state index in [1.807, 2.05) is 30.3 Å². The Morgan fingerprint density at radius 2 is 2.06 bits per heavy atom. The molecule has 1 atom stereocenters. The molecular weight excluding hydrogens is 420 g/mol. The number of piperazine rings is 1. The van der Waals surface area contributed by atoms with Gasteiger partial charge in [-0.25, -0.2) is 9.97 Å².